The highest BCUT2D eigenvalue weighted by molar-refractivity contribution is 5.77. The highest BCUT2D eigenvalue weighted by Gasteiger charge is 2.03. The average molecular weight is 265 g/mol. The smallest absolute Gasteiger partial charge is 0.257 e. The highest BCUT2D eigenvalue weighted by atomic mass is 16.5. The summed E-state index contributed by atoms with van der Waals surface area (Å²) in [5.41, 5.74) is 2.36. The van der Waals surface area contributed by atoms with Crippen LogP contribution in [0.4, 0.5) is 0 Å². The van der Waals surface area contributed by atoms with Gasteiger partial charge in [0.25, 0.3) is 5.91 Å². The fourth-order valence-corrected chi connectivity index (χ4v) is 1.64. The molecular formula is C15H23NO3. The van der Waals surface area contributed by atoms with Gasteiger partial charge in [-0.25, -0.2) is 0 Å². The molecule has 0 radical (unpaired) electrons. The lowest BCUT2D eigenvalue weighted by molar-refractivity contribution is -0.123. The van der Waals surface area contributed by atoms with E-state index in [2.05, 4.69) is 5.32 Å². The number of amides is 1. The van der Waals surface area contributed by atoms with E-state index in [-0.39, 0.29) is 19.1 Å². The van der Waals surface area contributed by atoms with Gasteiger partial charge in [0.05, 0.1) is 0 Å². The molecule has 0 aliphatic rings. The molecule has 0 aromatic heterocycles. The number of rotatable bonds is 8. The first-order valence-corrected chi connectivity index (χ1v) is 6.71. The molecule has 0 aliphatic carbocycles. The van der Waals surface area contributed by atoms with Crippen LogP contribution < -0.4 is 10.1 Å². The predicted octanol–water partition coefficient (Wildman–Crippen LogP) is 1.96. The second kappa shape index (κ2) is 8.53. The van der Waals surface area contributed by atoms with Crippen molar-refractivity contribution < 1.29 is 14.6 Å². The molecular weight excluding hydrogens is 242 g/mol. The van der Waals surface area contributed by atoms with Crippen LogP contribution in [-0.4, -0.2) is 30.8 Å². The Morgan fingerprint density at radius 1 is 1.21 bits per heavy atom. The lowest BCUT2D eigenvalue weighted by atomic mass is 10.1. The molecule has 0 saturated carbocycles. The maximum absolute atomic E-state index is 11.5. The van der Waals surface area contributed by atoms with Crippen molar-refractivity contribution in [2.45, 2.75) is 33.1 Å². The fourth-order valence-electron chi connectivity index (χ4n) is 1.64. The molecule has 0 aliphatic heterocycles. The SMILES string of the molecule is Cc1ccc(OCC(=O)NCCCCCO)cc1C. The van der Waals surface area contributed by atoms with E-state index in [4.69, 9.17) is 9.84 Å². The van der Waals surface area contributed by atoms with Crippen molar-refractivity contribution in [1.29, 1.82) is 0 Å². The van der Waals surface area contributed by atoms with E-state index in [1.165, 1.54) is 5.56 Å². The van der Waals surface area contributed by atoms with Gasteiger partial charge in [0.15, 0.2) is 6.61 Å². The number of benzene rings is 1. The van der Waals surface area contributed by atoms with Crippen molar-refractivity contribution in [2.75, 3.05) is 19.8 Å². The van der Waals surface area contributed by atoms with Crippen LogP contribution in [0.3, 0.4) is 0 Å². The van der Waals surface area contributed by atoms with Gasteiger partial charge in [-0.3, -0.25) is 4.79 Å². The van der Waals surface area contributed by atoms with Crippen molar-refractivity contribution in [3.05, 3.63) is 29.3 Å². The van der Waals surface area contributed by atoms with Gasteiger partial charge in [0.2, 0.25) is 0 Å². The summed E-state index contributed by atoms with van der Waals surface area (Å²) in [5, 5.41) is 11.4. The first-order valence-electron chi connectivity index (χ1n) is 6.71. The quantitative estimate of drug-likeness (QED) is 0.706. The van der Waals surface area contributed by atoms with Crippen LogP contribution in [0.25, 0.3) is 0 Å². The molecule has 2 N–H and O–H groups in total. The zero-order valence-corrected chi connectivity index (χ0v) is 11.7. The molecule has 0 saturated heterocycles. The Morgan fingerprint density at radius 2 is 2.00 bits per heavy atom. The molecule has 1 rings (SSSR count). The highest BCUT2D eigenvalue weighted by Crippen LogP contribution is 2.16. The van der Waals surface area contributed by atoms with Crippen molar-refractivity contribution in [3.63, 3.8) is 0 Å². The summed E-state index contributed by atoms with van der Waals surface area (Å²) in [6, 6.07) is 5.79. The van der Waals surface area contributed by atoms with Crippen LogP contribution in [0.2, 0.25) is 0 Å². The number of carbonyl (C=O) groups is 1. The van der Waals surface area contributed by atoms with Crippen LogP contribution in [0.5, 0.6) is 5.75 Å². The first kappa shape index (κ1) is 15.5. The Morgan fingerprint density at radius 3 is 2.68 bits per heavy atom. The van der Waals surface area contributed by atoms with E-state index < -0.39 is 0 Å². The lowest BCUT2D eigenvalue weighted by Crippen LogP contribution is -2.29. The Hall–Kier alpha value is -1.55. The Kier molecular flexibility index (Phi) is 6.97. The maximum atomic E-state index is 11.5. The summed E-state index contributed by atoms with van der Waals surface area (Å²) < 4.78 is 5.43. The predicted molar refractivity (Wildman–Crippen MR) is 75.4 cm³/mol. The molecule has 1 amide bonds. The first-order chi connectivity index (χ1) is 9.13. The van der Waals surface area contributed by atoms with Gasteiger partial charge in [-0.15, -0.1) is 0 Å². The Balaban J connectivity index is 2.20. The van der Waals surface area contributed by atoms with E-state index >= 15 is 0 Å². The van der Waals surface area contributed by atoms with Gasteiger partial charge < -0.3 is 15.2 Å². The topological polar surface area (TPSA) is 58.6 Å². The third kappa shape index (κ3) is 6.25. The third-order valence-electron chi connectivity index (χ3n) is 3.01. The Bertz CT molecular complexity index is 404. The van der Waals surface area contributed by atoms with Gasteiger partial charge in [-0.05, 0) is 56.4 Å². The normalized spacial score (nSPS) is 10.3. The number of hydrogen-bond donors (Lipinski definition) is 2. The van der Waals surface area contributed by atoms with Crippen LogP contribution in [0.1, 0.15) is 30.4 Å². The molecule has 0 atom stereocenters. The van der Waals surface area contributed by atoms with Crippen molar-refractivity contribution in [3.8, 4) is 5.75 Å². The minimum Gasteiger partial charge on any atom is -0.484 e. The zero-order chi connectivity index (χ0) is 14.1. The minimum atomic E-state index is -0.109. The number of aliphatic hydroxyl groups excluding tert-OH is 1. The van der Waals surface area contributed by atoms with Gasteiger partial charge in [0, 0.05) is 13.2 Å². The van der Waals surface area contributed by atoms with Crippen molar-refractivity contribution in [1.82, 2.24) is 5.32 Å². The number of carbonyl (C=O) groups excluding carboxylic acids is 1. The standard InChI is InChI=1S/C15H23NO3/c1-12-6-7-14(10-13(12)2)19-11-15(18)16-8-4-3-5-9-17/h6-7,10,17H,3-5,8-9,11H2,1-2H3,(H,16,18). The molecule has 0 bridgehead atoms. The Labute approximate surface area is 114 Å². The van der Waals surface area contributed by atoms with Gasteiger partial charge in [-0.1, -0.05) is 6.07 Å². The molecule has 0 unspecified atom stereocenters. The van der Waals surface area contributed by atoms with E-state index in [1.54, 1.807) is 0 Å². The second-order valence-corrected chi connectivity index (χ2v) is 4.67. The van der Waals surface area contributed by atoms with Crippen LogP contribution in [0.15, 0.2) is 18.2 Å². The van der Waals surface area contributed by atoms with E-state index in [0.29, 0.717) is 6.54 Å². The van der Waals surface area contributed by atoms with E-state index in [9.17, 15) is 4.79 Å². The minimum absolute atomic E-state index is 0.0441. The molecule has 19 heavy (non-hydrogen) atoms. The van der Waals surface area contributed by atoms with Gasteiger partial charge in [0.1, 0.15) is 5.75 Å². The number of unbranched alkanes of at least 4 members (excludes halogenated alkanes) is 2. The van der Waals surface area contributed by atoms with Crippen LogP contribution in [-0.2, 0) is 4.79 Å². The van der Waals surface area contributed by atoms with Crippen LogP contribution in [0, 0.1) is 13.8 Å². The van der Waals surface area contributed by atoms with Crippen LogP contribution >= 0.6 is 0 Å². The number of aliphatic hydroxyl groups is 1. The lowest BCUT2D eigenvalue weighted by Gasteiger charge is -2.09. The summed E-state index contributed by atoms with van der Waals surface area (Å²) >= 11 is 0. The van der Waals surface area contributed by atoms with E-state index in [1.807, 2.05) is 32.0 Å². The average Bonchev–Trinajstić information content (AvgIpc) is 2.40. The largest absolute Gasteiger partial charge is 0.484 e. The summed E-state index contributed by atoms with van der Waals surface area (Å²) in [4.78, 5) is 11.5. The summed E-state index contributed by atoms with van der Waals surface area (Å²) in [6.07, 6.45) is 2.60. The monoisotopic (exact) mass is 265 g/mol. The summed E-state index contributed by atoms with van der Waals surface area (Å²) in [5.74, 6) is 0.612. The zero-order valence-electron chi connectivity index (χ0n) is 11.7. The molecule has 1 aromatic rings. The van der Waals surface area contributed by atoms with Crippen molar-refractivity contribution in [2.24, 2.45) is 0 Å². The number of aryl methyl sites for hydroxylation is 2. The number of hydrogen-bond acceptors (Lipinski definition) is 3. The molecule has 0 spiro atoms. The maximum Gasteiger partial charge on any atom is 0.257 e. The van der Waals surface area contributed by atoms with E-state index in [0.717, 1.165) is 30.6 Å². The number of ether oxygens (including phenoxy) is 1. The summed E-state index contributed by atoms with van der Waals surface area (Å²) in [6.45, 7) is 4.95. The van der Waals surface area contributed by atoms with Gasteiger partial charge in [-0.2, -0.15) is 0 Å². The molecule has 1 aromatic carbocycles. The summed E-state index contributed by atoms with van der Waals surface area (Å²) in [7, 11) is 0. The molecule has 4 nitrogen and oxygen atoms in total. The molecule has 0 heterocycles. The number of nitrogens with one attached hydrogen (secondary N) is 1. The molecule has 0 fully saturated rings. The third-order valence-corrected chi connectivity index (χ3v) is 3.01. The van der Waals surface area contributed by atoms with Gasteiger partial charge >= 0.3 is 0 Å². The second-order valence-electron chi connectivity index (χ2n) is 4.67. The molecule has 106 valence electrons. The molecule has 4 heteroatoms. The fraction of sp³-hybridized carbons (Fsp3) is 0.533. The van der Waals surface area contributed by atoms with Crippen molar-refractivity contribution >= 4 is 5.91 Å².